The van der Waals surface area contributed by atoms with Crippen LogP contribution in [0.15, 0.2) is 42.7 Å². The van der Waals surface area contributed by atoms with Crippen LogP contribution in [0.2, 0.25) is 5.02 Å². The van der Waals surface area contributed by atoms with Gasteiger partial charge in [-0.3, -0.25) is 4.79 Å². The van der Waals surface area contributed by atoms with Crippen molar-refractivity contribution in [3.05, 3.63) is 53.3 Å². The summed E-state index contributed by atoms with van der Waals surface area (Å²) in [4.78, 5) is 16.8. The van der Waals surface area contributed by atoms with Crippen LogP contribution in [0.4, 0.5) is 5.82 Å². The van der Waals surface area contributed by atoms with Gasteiger partial charge in [0.1, 0.15) is 11.6 Å². The number of nitrogens with one attached hydrogen (secondary N) is 2. The number of ether oxygens (including phenoxy) is 1. The number of carbonyl (C=O) groups is 1. The Labute approximate surface area is 167 Å². The molecule has 0 saturated heterocycles. The lowest BCUT2D eigenvalue weighted by atomic mass is 9.44. The van der Waals surface area contributed by atoms with Gasteiger partial charge in [0.15, 0.2) is 12.3 Å². The summed E-state index contributed by atoms with van der Waals surface area (Å²) in [6.07, 6.45) is 6.32. The quantitative estimate of drug-likeness (QED) is 0.668. The SMILES string of the molecule is Cc1cc(OCC(=O)NC23CC(Nc4ccn5nccc5n4)(C2)C3)ccc1Cl. The van der Waals surface area contributed by atoms with E-state index in [-0.39, 0.29) is 23.6 Å². The third-order valence-corrected chi connectivity index (χ3v) is 6.01. The number of hydrogen-bond donors (Lipinski definition) is 2. The maximum absolute atomic E-state index is 12.3. The van der Waals surface area contributed by atoms with Gasteiger partial charge < -0.3 is 15.4 Å². The van der Waals surface area contributed by atoms with Gasteiger partial charge in [0.2, 0.25) is 0 Å². The number of fused-ring (bicyclic) bond motifs is 1. The number of carbonyl (C=O) groups excluding carboxylic acids is 1. The monoisotopic (exact) mass is 397 g/mol. The van der Waals surface area contributed by atoms with Crippen molar-refractivity contribution in [3.8, 4) is 5.75 Å². The first kappa shape index (κ1) is 17.3. The third-order valence-electron chi connectivity index (χ3n) is 5.59. The number of rotatable bonds is 6. The Morgan fingerprint density at radius 3 is 2.86 bits per heavy atom. The highest BCUT2D eigenvalue weighted by molar-refractivity contribution is 6.31. The largest absolute Gasteiger partial charge is 0.484 e. The Morgan fingerprint density at radius 2 is 2.07 bits per heavy atom. The normalized spacial score (nSPS) is 24.9. The molecule has 8 heteroatoms. The lowest BCUT2D eigenvalue weighted by Crippen LogP contribution is -2.81. The Kier molecular flexibility index (Phi) is 3.77. The summed E-state index contributed by atoms with van der Waals surface area (Å²) in [5.74, 6) is 1.39. The summed E-state index contributed by atoms with van der Waals surface area (Å²) in [5.41, 5.74) is 1.67. The van der Waals surface area contributed by atoms with E-state index in [4.69, 9.17) is 16.3 Å². The van der Waals surface area contributed by atoms with Gasteiger partial charge in [0, 0.05) is 28.4 Å². The lowest BCUT2D eigenvalue weighted by Gasteiger charge is -2.70. The zero-order valence-electron chi connectivity index (χ0n) is 15.4. The summed E-state index contributed by atoms with van der Waals surface area (Å²) >= 11 is 6.01. The molecule has 0 unspecified atom stereocenters. The van der Waals surface area contributed by atoms with E-state index < -0.39 is 0 Å². The molecule has 3 saturated carbocycles. The van der Waals surface area contributed by atoms with E-state index >= 15 is 0 Å². The molecule has 2 bridgehead atoms. The van der Waals surface area contributed by atoms with Gasteiger partial charge in [0.05, 0.1) is 6.20 Å². The molecular formula is C20H20ClN5O2. The predicted molar refractivity (Wildman–Crippen MR) is 106 cm³/mol. The second-order valence-electron chi connectivity index (χ2n) is 7.91. The van der Waals surface area contributed by atoms with E-state index in [1.807, 2.05) is 31.3 Å². The lowest BCUT2D eigenvalue weighted by molar-refractivity contribution is -0.135. The van der Waals surface area contributed by atoms with E-state index in [0.717, 1.165) is 36.3 Å². The van der Waals surface area contributed by atoms with Crippen LogP contribution in [0.1, 0.15) is 24.8 Å². The summed E-state index contributed by atoms with van der Waals surface area (Å²) in [5, 5.41) is 11.5. The molecule has 144 valence electrons. The topological polar surface area (TPSA) is 80.5 Å². The summed E-state index contributed by atoms with van der Waals surface area (Å²) < 4.78 is 7.32. The number of halogens is 1. The predicted octanol–water partition coefficient (Wildman–Crippen LogP) is 2.97. The first-order valence-corrected chi connectivity index (χ1v) is 9.61. The van der Waals surface area contributed by atoms with E-state index in [1.54, 1.807) is 22.8 Å². The fourth-order valence-corrected chi connectivity index (χ4v) is 4.51. The van der Waals surface area contributed by atoms with Crippen molar-refractivity contribution in [2.24, 2.45) is 0 Å². The molecule has 2 heterocycles. The molecule has 3 aromatic rings. The number of amides is 1. The molecule has 0 atom stereocenters. The number of benzene rings is 1. The number of aryl methyl sites for hydroxylation is 1. The van der Waals surface area contributed by atoms with Crippen molar-refractivity contribution in [1.82, 2.24) is 19.9 Å². The molecule has 28 heavy (non-hydrogen) atoms. The highest BCUT2D eigenvalue weighted by atomic mass is 35.5. The molecule has 0 radical (unpaired) electrons. The summed E-state index contributed by atoms with van der Waals surface area (Å²) in [6, 6.07) is 9.17. The molecule has 7 nitrogen and oxygen atoms in total. The van der Waals surface area contributed by atoms with E-state index in [1.165, 1.54) is 0 Å². The standard InChI is InChI=1S/C20H20ClN5O2/c1-13-8-14(2-3-15(13)21)28-9-18(27)25-20-10-19(11-20,12-20)24-16-5-7-26-17(23-16)4-6-22-26/h2-8H,9-12H2,1H3,(H,23,24)(H,25,27). The fourth-order valence-electron chi connectivity index (χ4n) is 4.39. The van der Waals surface area contributed by atoms with Crippen molar-refractivity contribution in [2.45, 2.75) is 37.3 Å². The molecule has 0 spiro atoms. The third kappa shape index (κ3) is 2.96. The van der Waals surface area contributed by atoms with Gasteiger partial charge in [-0.1, -0.05) is 11.6 Å². The number of aromatic nitrogens is 3. The minimum Gasteiger partial charge on any atom is -0.484 e. The smallest absolute Gasteiger partial charge is 0.258 e. The minimum atomic E-state index is -0.107. The second-order valence-corrected chi connectivity index (χ2v) is 8.32. The second kappa shape index (κ2) is 6.10. The van der Waals surface area contributed by atoms with Crippen LogP contribution in [0.25, 0.3) is 5.65 Å². The van der Waals surface area contributed by atoms with Crippen LogP contribution in [-0.2, 0) is 4.79 Å². The Morgan fingerprint density at radius 1 is 1.25 bits per heavy atom. The molecule has 2 N–H and O–H groups in total. The summed E-state index contributed by atoms with van der Waals surface area (Å²) in [7, 11) is 0. The van der Waals surface area contributed by atoms with Crippen molar-refractivity contribution < 1.29 is 9.53 Å². The van der Waals surface area contributed by atoms with Gasteiger partial charge in [-0.15, -0.1) is 0 Å². The highest BCUT2D eigenvalue weighted by Crippen LogP contribution is 2.61. The average Bonchev–Trinajstić information content (AvgIpc) is 3.07. The van der Waals surface area contributed by atoms with E-state index in [9.17, 15) is 4.79 Å². The molecule has 3 aliphatic carbocycles. The number of nitrogens with zero attached hydrogens (tertiary/aromatic N) is 3. The van der Waals surface area contributed by atoms with Gasteiger partial charge in [0.25, 0.3) is 5.91 Å². The maximum Gasteiger partial charge on any atom is 0.258 e. The zero-order chi connectivity index (χ0) is 19.4. The Hall–Kier alpha value is -2.80. The maximum atomic E-state index is 12.3. The molecule has 3 fully saturated rings. The van der Waals surface area contributed by atoms with Crippen LogP contribution in [-0.4, -0.2) is 38.2 Å². The summed E-state index contributed by atoms with van der Waals surface area (Å²) in [6.45, 7) is 1.91. The van der Waals surface area contributed by atoms with Crippen molar-refractivity contribution >= 4 is 29.0 Å². The van der Waals surface area contributed by atoms with Crippen LogP contribution in [0.5, 0.6) is 5.75 Å². The molecule has 2 aromatic heterocycles. The minimum absolute atomic E-state index is 0.00267. The van der Waals surface area contributed by atoms with Gasteiger partial charge in [-0.2, -0.15) is 5.10 Å². The molecule has 0 aliphatic heterocycles. The fraction of sp³-hybridized carbons (Fsp3) is 0.350. The molecule has 1 aromatic carbocycles. The number of anilines is 1. The molecular weight excluding hydrogens is 378 g/mol. The number of hydrogen-bond acceptors (Lipinski definition) is 5. The van der Waals surface area contributed by atoms with Crippen molar-refractivity contribution in [2.75, 3.05) is 11.9 Å². The van der Waals surface area contributed by atoms with Crippen LogP contribution in [0.3, 0.4) is 0 Å². The first-order valence-electron chi connectivity index (χ1n) is 9.23. The zero-order valence-corrected chi connectivity index (χ0v) is 16.2. The van der Waals surface area contributed by atoms with Crippen LogP contribution in [0, 0.1) is 6.92 Å². The van der Waals surface area contributed by atoms with Gasteiger partial charge in [-0.25, -0.2) is 9.50 Å². The van der Waals surface area contributed by atoms with Crippen LogP contribution < -0.4 is 15.4 Å². The Bertz CT molecular complexity index is 1060. The van der Waals surface area contributed by atoms with Crippen molar-refractivity contribution in [3.63, 3.8) is 0 Å². The average molecular weight is 398 g/mol. The van der Waals surface area contributed by atoms with Crippen LogP contribution >= 0.6 is 11.6 Å². The highest BCUT2D eigenvalue weighted by Gasteiger charge is 2.68. The van der Waals surface area contributed by atoms with E-state index in [2.05, 4.69) is 20.7 Å². The Balaban J connectivity index is 1.12. The van der Waals surface area contributed by atoms with E-state index in [0.29, 0.717) is 10.8 Å². The van der Waals surface area contributed by atoms with Gasteiger partial charge >= 0.3 is 0 Å². The molecule has 3 aliphatic rings. The molecule has 6 rings (SSSR count). The van der Waals surface area contributed by atoms with Crippen molar-refractivity contribution in [1.29, 1.82) is 0 Å². The van der Waals surface area contributed by atoms with Gasteiger partial charge in [-0.05, 0) is 56.0 Å². The molecule has 1 amide bonds. The first-order chi connectivity index (χ1) is 13.4.